The Morgan fingerprint density at radius 1 is 0.914 bits per heavy atom. The molecule has 0 aliphatic heterocycles. The SMILES string of the molecule is COc1cc(OC)c(Cl)c(Nc2ncncc2-c2cc(Nc3cccc(CCO)c3)ncn2)c1Cl. The summed E-state index contributed by atoms with van der Waals surface area (Å²) in [6.45, 7) is 0.0814. The highest BCUT2D eigenvalue weighted by Gasteiger charge is 2.19. The molecule has 0 radical (unpaired) electrons. The molecule has 3 N–H and O–H groups in total. The van der Waals surface area contributed by atoms with Crippen LogP contribution in [0.4, 0.5) is 23.0 Å². The second-order valence-electron chi connectivity index (χ2n) is 7.28. The van der Waals surface area contributed by atoms with Crippen LogP contribution in [0, 0.1) is 0 Å². The molecule has 0 spiro atoms. The summed E-state index contributed by atoms with van der Waals surface area (Å²) in [5, 5.41) is 16.2. The van der Waals surface area contributed by atoms with Crippen molar-refractivity contribution in [3.8, 4) is 22.8 Å². The topological polar surface area (TPSA) is 114 Å². The molecule has 0 aliphatic rings. The molecule has 0 atom stereocenters. The Bertz CT molecular complexity index is 1310. The van der Waals surface area contributed by atoms with Crippen LogP contribution in [-0.2, 0) is 6.42 Å². The lowest BCUT2D eigenvalue weighted by Gasteiger charge is -2.17. The zero-order chi connectivity index (χ0) is 24.8. The standard InChI is InChI=1S/C24H22Cl2N6O3/c1-34-18-10-19(35-2)22(26)23(21(18)25)32-24-16(11-27-12-30-24)17-9-20(29-13-28-17)31-15-5-3-4-14(8-15)6-7-33/h3-5,8-13,33H,6-7H2,1-2H3,(H,27,30,32)(H,28,29,31). The second kappa shape index (κ2) is 11.2. The van der Waals surface area contributed by atoms with E-state index in [-0.39, 0.29) is 16.7 Å². The maximum atomic E-state index is 9.20. The van der Waals surface area contributed by atoms with Crippen LogP contribution in [0.15, 0.2) is 55.2 Å². The number of nitrogens with zero attached hydrogens (tertiary/aromatic N) is 4. The molecule has 2 aromatic heterocycles. The van der Waals surface area contributed by atoms with Gasteiger partial charge in [-0.15, -0.1) is 0 Å². The Balaban J connectivity index is 1.68. The molecule has 0 aliphatic carbocycles. The summed E-state index contributed by atoms with van der Waals surface area (Å²) in [4.78, 5) is 17.2. The molecule has 0 amide bonds. The van der Waals surface area contributed by atoms with Gasteiger partial charge in [0.25, 0.3) is 0 Å². The van der Waals surface area contributed by atoms with Crippen LogP contribution < -0.4 is 20.1 Å². The van der Waals surface area contributed by atoms with Gasteiger partial charge < -0.3 is 25.2 Å². The van der Waals surface area contributed by atoms with E-state index in [1.54, 1.807) is 18.3 Å². The van der Waals surface area contributed by atoms with Crippen LogP contribution >= 0.6 is 23.2 Å². The minimum absolute atomic E-state index is 0.0814. The Kier molecular flexibility index (Phi) is 7.81. The first-order valence-electron chi connectivity index (χ1n) is 10.5. The van der Waals surface area contributed by atoms with Gasteiger partial charge in [-0.1, -0.05) is 35.3 Å². The lowest BCUT2D eigenvalue weighted by Crippen LogP contribution is -2.02. The number of aliphatic hydroxyl groups excluding tert-OH is 1. The van der Waals surface area contributed by atoms with Crippen LogP contribution in [0.1, 0.15) is 5.56 Å². The van der Waals surface area contributed by atoms with Gasteiger partial charge in [0.05, 0.1) is 31.2 Å². The summed E-state index contributed by atoms with van der Waals surface area (Å²) in [5.74, 6) is 1.78. The third kappa shape index (κ3) is 5.54. The number of benzene rings is 2. The zero-order valence-corrected chi connectivity index (χ0v) is 20.4. The highest BCUT2D eigenvalue weighted by Crippen LogP contribution is 2.45. The molecule has 0 fully saturated rings. The number of anilines is 4. The molecule has 0 saturated heterocycles. The molecule has 0 bridgehead atoms. The molecular formula is C24H22Cl2N6O3. The monoisotopic (exact) mass is 512 g/mol. The first-order chi connectivity index (χ1) is 17.0. The summed E-state index contributed by atoms with van der Waals surface area (Å²) in [5.41, 5.74) is 3.39. The largest absolute Gasteiger partial charge is 0.495 e. The highest BCUT2D eigenvalue weighted by molar-refractivity contribution is 6.41. The van der Waals surface area contributed by atoms with E-state index in [9.17, 15) is 5.11 Å². The number of ether oxygens (including phenoxy) is 2. The smallest absolute Gasteiger partial charge is 0.143 e. The number of hydrogen-bond donors (Lipinski definition) is 3. The first kappa shape index (κ1) is 24.5. The average molecular weight is 513 g/mol. The van der Waals surface area contributed by atoms with Gasteiger partial charge in [0.15, 0.2) is 0 Å². The van der Waals surface area contributed by atoms with Crippen LogP contribution in [0.5, 0.6) is 11.5 Å². The van der Waals surface area contributed by atoms with E-state index in [0.29, 0.717) is 46.5 Å². The molecule has 11 heteroatoms. The number of aromatic nitrogens is 4. The van der Waals surface area contributed by atoms with Crippen molar-refractivity contribution in [3.63, 3.8) is 0 Å². The highest BCUT2D eigenvalue weighted by atomic mass is 35.5. The van der Waals surface area contributed by atoms with E-state index in [1.165, 1.54) is 26.9 Å². The zero-order valence-electron chi connectivity index (χ0n) is 18.9. The maximum Gasteiger partial charge on any atom is 0.143 e. The fourth-order valence-electron chi connectivity index (χ4n) is 3.38. The number of halogens is 2. The summed E-state index contributed by atoms with van der Waals surface area (Å²) < 4.78 is 10.7. The molecule has 4 aromatic rings. The molecule has 35 heavy (non-hydrogen) atoms. The van der Waals surface area contributed by atoms with Gasteiger partial charge in [-0.05, 0) is 24.1 Å². The van der Waals surface area contributed by atoms with Crippen molar-refractivity contribution in [2.24, 2.45) is 0 Å². The fourth-order valence-corrected chi connectivity index (χ4v) is 3.98. The Morgan fingerprint density at radius 3 is 2.40 bits per heavy atom. The minimum Gasteiger partial charge on any atom is -0.495 e. The molecular weight excluding hydrogens is 491 g/mol. The maximum absolute atomic E-state index is 9.20. The number of rotatable bonds is 9. The number of hydrogen-bond acceptors (Lipinski definition) is 9. The van der Waals surface area contributed by atoms with Crippen LogP contribution in [0.3, 0.4) is 0 Å². The molecule has 180 valence electrons. The van der Waals surface area contributed by atoms with Crippen molar-refractivity contribution in [2.45, 2.75) is 6.42 Å². The predicted molar refractivity (Wildman–Crippen MR) is 136 cm³/mol. The van der Waals surface area contributed by atoms with Crippen molar-refractivity contribution in [2.75, 3.05) is 31.5 Å². The third-order valence-electron chi connectivity index (χ3n) is 5.07. The van der Waals surface area contributed by atoms with E-state index in [2.05, 4.69) is 30.6 Å². The fraction of sp³-hybridized carbons (Fsp3) is 0.167. The molecule has 0 saturated carbocycles. The van der Waals surface area contributed by atoms with Crippen LogP contribution in [0.25, 0.3) is 11.3 Å². The van der Waals surface area contributed by atoms with Crippen molar-refractivity contribution in [3.05, 3.63) is 70.9 Å². The van der Waals surface area contributed by atoms with Crippen LogP contribution in [0.2, 0.25) is 10.0 Å². The van der Waals surface area contributed by atoms with Gasteiger partial charge in [-0.2, -0.15) is 0 Å². The Labute approximate surface area is 212 Å². The first-order valence-corrected chi connectivity index (χ1v) is 11.3. The van der Waals surface area contributed by atoms with E-state index in [4.69, 9.17) is 32.7 Å². The normalized spacial score (nSPS) is 10.7. The van der Waals surface area contributed by atoms with Gasteiger partial charge in [-0.3, -0.25) is 0 Å². The number of nitrogens with one attached hydrogen (secondary N) is 2. The number of methoxy groups -OCH3 is 2. The van der Waals surface area contributed by atoms with Crippen LogP contribution in [-0.4, -0.2) is 45.9 Å². The summed E-state index contributed by atoms with van der Waals surface area (Å²) in [6, 6.07) is 11.1. The van der Waals surface area contributed by atoms with E-state index >= 15 is 0 Å². The predicted octanol–water partition coefficient (Wildman–Crippen LogP) is 5.28. The second-order valence-corrected chi connectivity index (χ2v) is 8.04. The van der Waals surface area contributed by atoms with E-state index < -0.39 is 0 Å². The van der Waals surface area contributed by atoms with Gasteiger partial charge in [0, 0.05) is 30.6 Å². The summed E-state index contributed by atoms with van der Waals surface area (Å²) >= 11 is 13.0. The molecule has 4 rings (SSSR count). The van der Waals surface area contributed by atoms with Crippen molar-refractivity contribution >= 4 is 46.2 Å². The van der Waals surface area contributed by atoms with Gasteiger partial charge >= 0.3 is 0 Å². The third-order valence-corrected chi connectivity index (χ3v) is 5.82. The molecule has 0 unspecified atom stereocenters. The van der Waals surface area contributed by atoms with E-state index in [0.717, 1.165) is 11.3 Å². The van der Waals surface area contributed by atoms with Gasteiger partial charge in [-0.25, -0.2) is 19.9 Å². The minimum atomic E-state index is 0.0814. The number of aliphatic hydroxyl groups is 1. The summed E-state index contributed by atoms with van der Waals surface area (Å²) in [7, 11) is 3.01. The molecule has 2 heterocycles. The van der Waals surface area contributed by atoms with Crippen molar-refractivity contribution in [1.29, 1.82) is 0 Å². The molecule has 2 aromatic carbocycles. The quantitative estimate of drug-likeness (QED) is 0.275. The summed E-state index contributed by atoms with van der Waals surface area (Å²) in [6.07, 6.45) is 5.04. The van der Waals surface area contributed by atoms with Crippen molar-refractivity contribution < 1.29 is 14.6 Å². The lowest BCUT2D eigenvalue weighted by atomic mass is 10.1. The Hall–Kier alpha value is -3.66. The molecule has 9 nitrogen and oxygen atoms in total. The average Bonchev–Trinajstić information content (AvgIpc) is 2.87. The van der Waals surface area contributed by atoms with Gasteiger partial charge in [0.2, 0.25) is 0 Å². The Morgan fingerprint density at radius 2 is 1.69 bits per heavy atom. The van der Waals surface area contributed by atoms with Gasteiger partial charge in [0.1, 0.15) is 45.8 Å². The van der Waals surface area contributed by atoms with Crippen molar-refractivity contribution in [1.82, 2.24) is 19.9 Å². The van der Waals surface area contributed by atoms with E-state index in [1.807, 2.05) is 24.3 Å². The lowest BCUT2D eigenvalue weighted by molar-refractivity contribution is 0.299.